The van der Waals surface area contributed by atoms with Crippen LogP contribution in [0, 0.1) is 12.8 Å². The van der Waals surface area contributed by atoms with E-state index in [0.717, 1.165) is 12.0 Å². The van der Waals surface area contributed by atoms with Gasteiger partial charge in [0.2, 0.25) is 5.91 Å². The summed E-state index contributed by atoms with van der Waals surface area (Å²) in [7, 11) is 0. The minimum absolute atomic E-state index is 0.0673. The van der Waals surface area contributed by atoms with E-state index in [1.54, 1.807) is 12.1 Å². The Morgan fingerprint density at radius 2 is 1.87 bits per heavy atom. The van der Waals surface area contributed by atoms with Crippen molar-refractivity contribution in [2.24, 2.45) is 11.7 Å². The number of rotatable bonds is 11. The van der Waals surface area contributed by atoms with Gasteiger partial charge < -0.3 is 20.9 Å². The average Bonchev–Trinajstić information content (AvgIpc) is 3.53. The molecule has 1 aliphatic carbocycles. The summed E-state index contributed by atoms with van der Waals surface area (Å²) in [4.78, 5) is 11.2. The Bertz CT molecular complexity index is 844. The molecule has 162 valence electrons. The van der Waals surface area contributed by atoms with E-state index in [-0.39, 0.29) is 11.6 Å². The third kappa shape index (κ3) is 6.39. The molecule has 5 heteroatoms. The number of aliphatic hydroxyl groups excluding tert-OH is 1. The van der Waals surface area contributed by atoms with Gasteiger partial charge in [0.1, 0.15) is 0 Å². The molecule has 2 aromatic carbocycles. The second-order valence-electron chi connectivity index (χ2n) is 9.10. The summed E-state index contributed by atoms with van der Waals surface area (Å²) in [5, 5.41) is 13.9. The second kappa shape index (κ2) is 9.73. The summed E-state index contributed by atoms with van der Waals surface area (Å²) in [5.74, 6) is 0.142. The number of aliphatic hydroxyl groups is 1. The minimum atomic E-state index is -0.577. The highest BCUT2D eigenvalue weighted by Crippen LogP contribution is 2.44. The van der Waals surface area contributed by atoms with Crippen LogP contribution >= 0.6 is 0 Å². The molecule has 3 rings (SSSR count). The zero-order valence-corrected chi connectivity index (χ0v) is 18.2. The smallest absolute Gasteiger partial charge is 0.248 e. The molecule has 4 N–H and O–H groups in total. The molecule has 0 aliphatic heterocycles. The van der Waals surface area contributed by atoms with Crippen molar-refractivity contribution in [1.29, 1.82) is 0 Å². The maximum absolute atomic E-state index is 11.2. The molecule has 0 unspecified atom stereocenters. The van der Waals surface area contributed by atoms with Gasteiger partial charge in [0.05, 0.1) is 18.8 Å². The van der Waals surface area contributed by atoms with Crippen LogP contribution in [0.1, 0.15) is 59.8 Å². The molecule has 1 aliphatic rings. The van der Waals surface area contributed by atoms with Crippen molar-refractivity contribution in [2.75, 3.05) is 13.2 Å². The molecule has 2 atom stereocenters. The summed E-state index contributed by atoms with van der Waals surface area (Å²) in [6.07, 6.45) is 2.64. The highest BCUT2D eigenvalue weighted by molar-refractivity contribution is 5.92. The first-order chi connectivity index (χ1) is 14.2. The number of amides is 1. The van der Waals surface area contributed by atoms with Crippen LogP contribution < -0.4 is 11.1 Å². The lowest BCUT2D eigenvalue weighted by atomic mass is 9.94. The fourth-order valence-electron chi connectivity index (χ4n) is 3.81. The monoisotopic (exact) mass is 410 g/mol. The van der Waals surface area contributed by atoms with Crippen molar-refractivity contribution in [2.45, 2.75) is 57.8 Å². The lowest BCUT2D eigenvalue weighted by Gasteiger charge is -2.29. The summed E-state index contributed by atoms with van der Waals surface area (Å²) in [5.41, 5.74) is 9.19. The maximum atomic E-state index is 11.2. The zero-order valence-electron chi connectivity index (χ0n) is 18.2. The summed E-state index contributed by atoms with van der Waals surface area (Å²) < 4.78 is 6.18. The SMILES string of the molecule is Cc1ccccc1[C@H](OC[C@H](O)CNC(C)(C)Cc1ccc(C(N)=O)cc1)C1CC1. The Kier molecular flexibility index (Phi) is 7.29. The van der Waals surface area contributed by atoms with E-state index in [0.29, 0.717) is 24.6 Å². The maximum Gasteiger partial charge on any atom is 0.248 e. The van der Waals surface area contributed by atoms with Gasteiger partial charge in [-0.3, -0.25) is 4.79 Å². The largest absolute Gasteiger partial charge is 0.389 e. The van der Waals surface area contributed by atoms with E-state index in [2.05, 4.69) is 44.3 Å². The third-order valence-electron chi connectivity index (χ3n) is 5.71. The first-order valence-corrected chi connectivity index (χ1v) is 10.7. The summed E-state index contributed by atoms with van der Waals surface area (Å²) >= 11 is 0. The first kappa shape index (κ1) is 22.5. The number of carbonyl (C=O) groups is 1. The molecule has 0 saturated heterocycles. The molecule has 0 aromatic heterocycles. The Hall–Kier alpha value is -2.21. The summed E-state index contributed by atoms with van der Waals surface area (Å²) in [6.45, 7) is 7.08. The number of primary amides is 1. The number of carbonyl (C=O) groups excluding carboxylic acids is 1. The van der Waals surface area contributed by atoms with Crippen LogP contribution in [0.25, 0.3) is 0 Å². The second-order valence-corrected chi connectivity index (χ2v) is 9.10. The Morgan fingerprint density at radius 3 is 2.47 bits per heavy atom. The number of nitrogens with two attached hydrogens (primary N) is 1. The van der Waals surface area contributed by atoms with Crippen molar-refractivity contribution in [3.8, 4) is 0 Å². The van der Waals surface area contributed by atoms with Crippen molar-refractivity contribution < 1.29 is 14.6 Å². The van der Waals surface area contributed by atoms with Crippen LogP contribution in [0.15, 0.2) is 48.5 Å². The summed E-state index contributed by atoms with van der Waals surface area (Å²) in [6, 6.07) is 15.7. The number of aryl methyl sites for hydroxylation is 1. The van der Waals surface area contributed by atoms with E-state index >= 15 is 0 Å². The van der Waals surface area contributed by atoms with Crippen LogP contribution in [0.2, 0.25) is 0 Å². The average molecular weight is 411 g/mol. The van der Waals surface area contributed by atoms with Gasteiger partial charge in [-0.2, -0.15) is 0 Å². The number of nitrogens with one attached hydrogen (secondary N) is 1. The third-order valence-corrected chi connectivity index (χ3v) is 5.71. The zero-order chi connectivity index (χ0) is 21.7. The molecule has 30 heavy (non-hydrogen) atoms. The van der Waals surface area contributed by atoms with Gasteiger partial charge >= 0.3 is 0 Å². The van der Waals surface area contributed by atoms with Crippen LogP contribution in [0.3, 0.4) is 0 Å². The lowest BCUT2D eigenvalue weighted by Crippen LogP contribution is -2.46. The number of hydrogen-bond donors (Lipinski definition) is 3. The van der Waals surface area contributed by atoms with E-state index in [1.807, 2.05) is 18.2 Å². The Labute approximate surface area is 179 Å². The predicted octanol–water partition coefficient (Wildman–Crippen LogP) is 3.53. The molecule has 1 fully saturated rings. The van der Waals surface area contributed by atoms with Crippen molar-refractivity contribution in [3.63, 3.8) is 0 Å². The highest BCUT2D eigenvalue weighted by Gasteiger charge is 2.34. The molecule has 5 nitrogen and oxygen atoms in total. The van der Waals surface area contributed by atoms with Gasteiger partial charge in [0, 0.05) is 17.6 Å². The fraction of sp³-hybridized carbons (Fsp3) is 0.480. The van der Waals surface area contributed by atoms with Crippen LogP contribution in [0.5, 0.6) is 0 Å². The molecular formula is C25H34N2O3. The molecule has 0 spiro atoms. The number of ether oxygens (including phenoxy) is 1. The lowest BCUT2D eigenvalue weighted by molar-refractivity contribution is -0.0213. The van der Waals surface area contributed by atoms with Crippen LogP contribution in [-0.2, 0) is 11.2 Å². The van der Waals surface area contributed by atoms with E-state index in [9.17, 15) is 9.90 Å². The number of benzene rings is 2. The van der Waals surface area contributed by atoms with Crippen LogP contribution in [-0.4, -0.2) is 35.8 Å². The fourth-order valence-corrected chi connectivity index (χ4v) is 3.81. The Morgan fingerprint density at radius 1 is 1.20 bits per heavy atom. The van der Waals surface area contributed by atoms with Gasteiger partial charge in [-0.25, -0.2) is 0 Å². The Balaban J connectivity index is 1.48. The number of hydrogen-bond acceptors (Lipinski definition) is 4. The highest BCUT2D eigenvalue weighted by atomic mass is 16.5. The van der Waals surface area contributed by atoms with E-state index in [1.165, 1.54) is 24.0 Å². The molecule has 2 aromatic rings. The van der Waals surface area contributed by atoms with Gasteiger partial charge in [-0.05, 0) is 74.8 Å². The first-order valence-electron chi connectivity index (χ1n) is 10.7. The van der Waals surface area contributed by atoms with Crippen molar-refractivity contribution >= 4 is 5.91 Å². The van der Waals surface area contributed by atoms with Gasteiger partial charge in [0.25, 0.3) is 0 Å². The van der Waals surface area contributed by atoms with Gasteiger partial charge in [-0.1, -0.05) is 36.4 Å². The molecule has 0 radical (unpaired) electrons. The molecule has 1 amide bonds. The van der Waals surface area contributed by atoms with E-state index < -0.39 is 12.0 Å². The molecule has 0 heterocycles. The van der Waals surface area contributed by atoms with Crippen LogP contribution in [0.4, 0.5) is 0 Å². The topological polar surface area (TPSA) is 84.6 Å². The molecular weight excluding hydrogens is 376 g/mol. The standard InChI is InChI=1S/C25H34N2O3/c1-17-6-4-5-7-22(17)23(19-12-13-19)30-16-21(28)15-27-25(2,3)14-18-8-10-20(11-9-18)24(26)29/h4-11,19,21,23,27-28H,12-16H2,1-3H3,(H2,26,29)/t21-,23-/m1/s1. The number of β-amino-alcohol motifs (C(OH)–C–C–N with tert-alkyl or cyclic N) is 1. The molecule has 0 bridgehead atoms. The quantitative estimate of drug-likeness (QED) is 0.529. The van der Waals surface area contributed by atoms with E-state index in [4.69, 9.17) is 10.5 Å². The molecule has 1 saturated carbocycles. The van der Waals surface area contributed by atoms with Gasteiger partial charge in [0.15, 0.2) is 0 Å². The van der Waals surface area contributed by atoms with Crippen molar-refractivity contribution in [3.05, 3.63) is 70.8 Å². The normalized spacial score (nSPS) is 16.3. The van der Waals surface area contributed by atoms with Crippen molar-refractivity contribution in [1.82, 2.24) is 5.32 Å². The minimum Gasteiger partial charge on any atom is -0.389 e. The predicted molar refractivity (Wildman–Crippen MR) is 119 cm³/mol. The van der Waals surface area contributed by atoms with Gasteiger partial charge in [-0.15, -0.1) is 0 Å².